The number of hydrogen-bond acceptors (Lipinski definition) is 3. The summed E-state index contributed by atoms with van der Waals surface area (Å²) in [5, 5.41) is 0. The van der Waals surface area contributed by atoms with E-state index in [1.807, 2.05) is 18.4 Å². The smallest absolute Gasteiger partial charge is 0.148 e. The molecule has 4 nitrogen and oxygen atoms in total. The first-order chi connectivity index (χ1) is 8.58. The van der Waals surface area contributed by atoms with Crippen molar-refractivity contribution in [2.75, 3.05) is 5.73 Å². The highest BCUT2D eigenvalue weighted by Crippen LogP contribution is 2.18. The zero-order valence-electron chi connectivity index (χ0n) is 10.4. The molecule has 0 saturated carbocycles. The molecular weight excluding hydrogens is 233 g/mol. The second-order valence-corrected chi connectivity index (χ2v) is 4.31. The molecule has 0 radical (unpaired) electrons. The molecule has 2 aromatic rings. The molecule has 1 aromatic heterocycles. The van der Waals surface area contributed by atoms with Crippen LogP contribution in [0.1, 0.15) is 25.7 Å². The van der Waals surface area contributed by atoms with Crippen molar-refractivity contribution in [2.45, 2.75) is 26.5 Å². The van der Waals surface area contributed by atoms with Crippen molar-refractivity contribution in [3.05, 3.63) is 42.1 Å². The highest BCUT2D eigenvalue weighted by atomic mass is 19.1. The fourth-order valence-corrected chi connectivity index (χ4v) is 1.80. The van der Waals surface area contributed by atoms with Crippen LogP contribution < -0.4 is 10.5 Å². The molecule has 2 rings (SSSR count). The van der Waals surface area contributed by atoms with Gasteiger partial charge in [-0.05, 0) is 38.1 Å². The maximum absolute atomic E-state index is 12.7. The topological polar surface area (TPSA) is 53.1 Å². The number of halogens is 1. The summed E-state index contributed by atoms with van der Waals surface area (Å²) >= 11 is 0. The van der Waals surface area contributed by atoms with Gasteiger partial charge in [0, 0.05) is 6.04 Å². The lowest BCUT2D eigenvalue weighted by Gasteiger charge is -2.14. The highest BCUT2D eigenvalue weighted by molar-refractivity contribution is 5.29. The Morgan fingerprint density at radius 3 is 2.61 bits per heavy atom. The van der Waals surface area contributed by atoms with Crippen molar-refractivity contribution in [2.24, 2.45) is 0 Å². The van der Waals surface area contributed by atoms with Crippen LogP contribution in [0.4, 0.5) is 10.2 Å². The lowest BCUT2D eigenvalue weighted by atomic mass is 10.3. The van der Waals surface area contributed by atoms with Crippen LogP contribution in [-0.4, -0.2) is 9.55 Å². The molecule has 0 unspecified atom stereocenters. The van der Waals surface area contributed by atoms with Crippen LogP contribution in [0.2, 0.25) is 0 Å². The normalized spacial score (nSPS) is 10.9. The monoisotopic (exact) mass is 249 g/mol. The Hall–Kier alpha value is -2.04. The summed E-state index contributed by atoms with van der Waals surface area (Å²) < 4.78 is 20.2. The van der Waals surface area contributed by atoms with E-state index in [2.05, 4.69) is 4.98 Å². The van der Waals surface area contributed by atoms with Gasteiger partial charge in [-0.2, -0.15) is 0 Å². The zero-order chi connectivity index (χ0) is 13.1. The van der Waals surface area contributed by atoms with Crippen LogP contribution in [0.5, 0.6) is 5.75 Å². The third-order valence-electron chi connectivity index (χ3n) is 2.60. The van der Waals surface area contributed by atoms with E-state index in [-0.39, 0.29) is 11.9 Å². The van der Waals surface area contributed by atoms with Crippen molar-refractivity contribution in [1.82, 2.24) is 9.55 Å². The Kier molecular flexibility index (Phi) is 3.50. The minimum atomic E-state index is -0.282. The summed E-state index contributed by atoms with van der Waals surface area (Å²) in [6, 6.07) is 6.11. The predicted molar refractivity (Wildman–Crippen MR) is 67.8 cm³/mol. The Morgan fingerprint density at radius 1 is 1.33 bits per heavy atom. The molecule has 5 heteroatoms. The Balaban J connectivity index is 2.08. The maximum Gasteiger partial charge on any atom is 0.148 e. The van der Waals surface area contributed by atoms with E-state index in [0.29, 0.717) is 18.2 Å². The minimum absolute atomic E-state index is 0.222. The van der Waals surface area contributed by atoms with Crippen LogP contribution in [0, 0.1) is 5.82 Å². The number of ether oxygens (including phenoxy) is 1. The number of nitrogens with zero attached hydrogens (tertiary/aromatic N) is 2. The van der Waals surface area contributed by atoms with Crippen LogP contribution >= 0.6 is 0 Å². The first-order valence-electron chi connectivity index (χ1n) is 5.78. The fourth-order valence-electron chi connectivity index (χ4n) is 1.80. The van der Waals surface area contributed by atoms with Gasteiger partial charge in [0.2, 0.25) is 0 Å². The Labute approximate surface area is 105 Å². The van der Waals surface area contributed by atoms with Crippen LogP contribution in [0.3, 0.4) is 0 Å². The molecule has 0 spiro atoms. The van der Waals surface area contributed by atoms with Gasteiger partial charge in [0.15, 0.2) is 0 Å². The van der Waals surface area contributed by atoms with Gasteiger partial charge in [0.05, 0.1) is 6.20 Å². The SMILES string of the molecule is CC(C)n1c(N)cnc1COc1ccc(F)cc1. The molecule has 1 heterocycles. The Morgan fingerprint density at radius 2 is 2.00 bits per heavy atom. The first-order valence-corrected chi connectivity index (χ1v) is 5.78. The van der Waals surface area contributed by atoms with Crippen molar-refractivity contribution >= 4 is 5.82 Å². The molecule has 0 aliphatic heterocycles. The largest absolute Gasteiger partial charge is 0.486 e. The summed E-state index contributed by atoms with van der Waals surface area (Å²) in [6.07, 6.45) is 1.61. The van der Waals surface area contributed by atoms with E-state index in [1.165, 1.54) is 12.1 Å². The highest BCUT2D eigenvalue weighted by Gasteiger charge is 2.10. The number of benzene rings is 1. The fraction of sp³-hybridized carbons (Fsp3) is 0.308. The van der Waals surface area contributed by atoms with Crippen molar-refractivity contribution in [3.8, 4) is 5.75 Å². The number of nitrogens with two attached hydrogens (primary N) is 1. The van der Waals surface area contributed by atoms with Crippen LogP contribution in [0.25, 0.3) is 0 Å². The number of rotatable bonds is 4. The van der Waals surface area contributed by atoms with Gasteiger partial charge < -0.3 is 15.0 Å². The van der Waals surface area contributed by atoms with E-state index in [0.717, 1.165) is 5.82 Å². The van der Waals surface area contributed by atoms with Gasteiger partial charge in [-0.1, -0.05) is 0 Å². The second kappa shape index (κ2) is 5.08. The molecule has 2 N–H and O–H groups in total. The summed E-state index contributed by atoms with van der Waals surface area (Å²) in [5.74, 6) is 1.69. The molecule has 96 valence electrons. The Bertz CT molecular complexity index is 520. The van der Waals surface area contributed by atoms with Crippen LogP contribution in [-0.2, 0) is 6.61 Å². The predicted octanol–water partition coefficient (Wildman–Crippen LogP) is 2.76. The van der Waals surface area contributed by atoms with Crippen molar-refractivity contribution in [3.63, 3.8) is 0 Å². The zero-order valence-corrected chi connectivity index (χ0v) is 10.4. The summed E-state index contributed by atoms with van der Waals surface area (Å²) in [5.41, 5.74) is 5.83. The molecule has 0 aliphatic carbocycles. The maximum atomic E-state index is 12.7. The minimum Gasteiger partial charge on any atom is -0.486 e. The van der Waals surface area contributed by atoms with Gasteiger partial charge in [-0.25, -0.2) is 9.37 Å². The van der Waals surface area contributed by atoms with Gasteiger partial charge >= 0.3 is 0 Å². The molecule has 0 bridgehead atoms. The number of nitrogen functional groups attached to an aromatic ring is 1. The molecule has 1 aromatic carbocycles. The number of aromatic nitrogens is 2. The second-order valence-electron chi connectivity index (χ2n) is 4.31. The van der Waals surface area contributed by atoms with Gasteiger partial charge in [0.25, 0.3) is 0 Å². The molecule has 18 heavy (non-hydrogen) atoms. The van der Waals surface area contributed by atoms with Gasteiger partial charge in [-0.3, -0.25) is 0 Å². The number of anilines is 1. The van der Waals surface area contributed by atoms with Gasteiger partial charge in [0.1, 0.15) is 29.8 Å². The lowest BCUT2D eigenvalue weighted by molar-refractivity contribution is 0.286. The molecule has 0 saturated heterocycles. The van der Waals surface area contributed by atoms with E-state index in [1.54, 1.807) is 18.3 Å². The average Bonchev–Trinajstić information content (AvgIpc) is 2.70. The van der Waals surface area contributed by atoms with Crippen molar-refractivity contribution in [1.29, 1.82) is 0 Å². The van der Waals surface area contributed by atoms with Crippen molar-refractivity contribution < 1.29 is 9.13 Å². The average molecular weight is 249 g/mol. The quantitative estimate of drug-likeness (QED) is 0.906. The number of hydrogen-bond donors (Lipinski definition) is 1. The van der Waals surface area contributed by atoms with E-state index < -0.39 is 0 Å². The molecule has 0 atom stereocenters. The third kappa shape index (κ3) is 2.61. The third-order valence-corrected chi connectivity index (χ3v) is 2.60. The molecule has 0 fully saturated rings. The molecule has 0 aliphatic rings. The van der Waals surface area contributed by atoms with E-state index in [9.17, 15) is 4.39 Å². The van der Waals surface area contributed by atoms with E-state index in [4.69, 9.17) is 10.5 Å². The lowest BCUT2D eigenvalue weighted by Crippen LogP contribution is -2.11. The summed E-state index contributed by atoms with van der Waals surface area (Å²) in [6.45, 7) is 4.36. The molecule has 0 amide bonds. The van der Waals surface area contributed by atoms with Gasteiger partial charge in [-0.15, -0.1) is 0 Å². The number of imidazole rings is 1. The summed E-state index contributed by atoms with van der Waals surface area (Å²) in [4.78, 5) is 4.21. The summed E-state index contributed by atoms with van der Waals surface area (Å²) in [7, 11) is 0. The standard InChI is InChI=1S/C13H16FN3O/c1-9(2)17-12(15)7-16-13(17)8-18-11-5-3-10(14)4-6-11/h3-7,9H,8,15H2,1-2H3. The van der Waals surface area contributed by atoms with E-state index >= 15 is 0 Å². The first kappa shape index (κ1) is 12.4. The molecular formula is C13H16FN3O. The van der Waals surface area contributed by atoms with Crippen LogP contribution in [0.15, 0.2) is 30.5 Å².